The van der Waals surface area contributed by atoms with Crippen LogP contribution in [0.15, 0.2) is 84.0 Å². The number of fused-ring (bicyclic) bond motifs is 4. The van der Waals surface area contributed by atoms with Gasteiger partial charge in [-0.3, -0.25) is 4.79 Å². The summed E-state index contributed by atoms with van der Waals surface area (Å²) in [6, 6.07) is 27.7. The number of rotatable bonds is 3. The molecule has 0 saturated carbocycles. The molecule has 3 aromatic carbocycles. The van der Waals surface area contributed by atoms with Crippen LogP contribution in [-0.4, -0.2) is 24.2 Å². The van der Waals surface area contributed by atoms with Crippen molar-refractivity contribution >= 4 is 23.0 Å². The van der Waals surface area contributed by atoms with E-state index in [9.17, 15) is 4.79 Å². The van der Waals surface area contributed by atoms with Gasteiger partial charge in [0.15, 0.2) is 0 Å². The van der Waals surface area contributed by atoms with E-state index in [1.165, 1.54) is 22.4 Å². The molecule has 172 valence electrons. The molecule has 1 spiro atoms. The maximum absolute atomic E-state index is 14.3. The van der Waals surface area contributed by atoms with Gasteiger partial charge in [0.2, 0.25) is 0 Å². The van der Waals surface area contributed by atoms with Crippen LogP contribution in [-0.2, 0) is 17.6 Å². The summed E-state index contributed by atoms with van der Waals surface area (Å²) in [7, 11) is 0. The van der Waals surface area contributed by atoms with Gasteiger partial charge in [0.25, 0.3) is 5.91 Å². The van der Waals surface area contributed by atoms with Gasteiger partial charge in [-0.2, -0.15) is 10.1 Å². The molecule has 3 heterocycles. The van der Waals surface area contributed by atoms with Gasteiger partial charge in [-0.05, 0) is 74.8 Å². The Labute approximate surface area is 201 Å². The minimum absolute atomic E-state index is 0.122. The second-order valence-corrected chi connectivity index (χ2v) is 10.2. The van der Waals surface area contributed by atoms with Crippen molar-refractivity contribution in [2.45, 2.75) is 45.6 Å². The third kappa shape index (κ3) is 3.27. The monoisotopic (exact) mass is 449 g/mol. The van der Waals surface area contributed by atoms with Crippen LogP contribution in [0.5, 0.6) is 0 Å². The second-order valence-electron chi connectivity index (χ2n) is 10.2. The Balaban J connectivity index is 1.39. The first-order chi connectivity index (χ1) is 16.6. The van der Waals surface area contributed by atoms with E-state index in [1.54, 1.807) is 5.01 Å². The molecule has 3 aliphatic rings. The average Bonchev–Trinajstić information content (AvgIpc) is 3.11. The molecule has 0 aromatic heterocycles. The van der Waals surface area contributed by atoms with E-state index in [-0.39, 0.29) is 11.9 Å². The Morgan fingerprint density at radius 3 is 2.47 bits per heavy atom. The quantitative estimate of drug-likeness (QED) is 0.508. The van der Waals surface area contributed by atoms with Gasteiger partial charge in [-0.25, -0.2) is 0 Å². The van der Waals surface area contributed by atoms with Crippen LogP contribution in [0.25, 0.3) is 0 Å². The smallest absolute Gasteiger partial charge is 0.261 e. The van der Waals surface area contributed by atoms with Crippen molar-refractivity contribution in [3.63, 3.8) is 0 Å². The predicted octanol–water partition coefficient (Wildman–Crippen LogP) is 5.79. The lowest BCUT2D eigenvalue weighted by molar-refractivity contribution is -0.125. The number of amides is 1. The van der Waals surface area contributed by atoms with Crippen LogP contribution < -0.4 is 9.91 Å². The summed E-state index contributed by atoms with van der Waals surface area (Å²) in [5.74, 6) is 0.679. The molecule has 6 rings (SSSR count). The molecular weight excluding hydrogens is 418 g/mol. The van der Waals surface area contributed by atoms with E-state index in [1.807, 2.05) is 12.1 Å². The number of hydrogen-bond donors (Lipinski definition) is 0. The van der Waals surface area contributed by atoms with Crippen molar-refractivity contribution in [2.75, 3.05) is 16.5 Å². The molecule has 1 fully saturated rings. The second kappa shape index (κ2) is 8.12. The Kier molecular flexibility index (Phi) is 5.05. The molecule has 34 heavy (non-hydrogen) atoms. The van der Waals surface area contributed by atoms with Gasteiger partial charge in [0.05, 0.1) is 11.4 Å². The van der Waals surface area contributed by atoms with E-state index in [0.717, 1.165) is 43.6 Å². The van der Waals surface area contributed by atoms with Gasteiger partial charge in [-0.15, -0.1) is 0 Å². The van der Waals surface area contributed by atoms with Gasteiger partial charge in [0.1, 0.15) is 5.41 Å². The fourth-order valence-corrected chi connectivity index (χ4v) is 6.36. The van der Waals surface area contributed by atoms with Gasteiger partial charge < -0.3 is 4.90 Å². The van der Waals surface area contributed by atoms with Crippen molar-refractivity contribution in [3.8, 4) is 0 Å². The van der Waals surface area contributed by atoms with Crippen molar-refractivity contribution in [2.24, 2.45) is 16.4 Å². The molecule has 3 atom stereocenters. The Morgan fingerprint density at radius 1 is 0.941 bits per heavy atom. The summed E-state index contributed by atoms with van der Waals surface area (Å²) in [6.07, 6.45) is 3.93. The number of anilines is 2. The zero-order valence-electron chi connectivity index (χ0n) is 19.9. The molecule has 1 saturated heterocycles. The number of hydrazone groups is 1. The number of benzene rings is 3. The lowest BCUT2D eigenvalue weighted by atomic mass is 9.64. The van der Waals surface area contributed by atoms with E-state index in [4.69, 9.17) is 5.10 Å². The summed E-state index contributed by atoms with van der Waals surface area (Å²) < 4.78 is 0. The van der Waals surface area contributed by atoms with E-state index >= 15 is 0 Å². The highest BCUT2D eigenvalue weighted by Crippen LogP contribution is 2.50. The number of carbonyl (C=O) groups excluding carboxylic acids is 1. The number of piperidine rings is 1. The number of carbonyl (C=O) groups is 1. The minimum atomic E-state index is -0.616. The van der Waals surface area contributed by atoms with E-state index in [2.05, 4.69) is 85.5 Å². The molecule has 0 radical (unpaired) electrons. The molecule has 0 N–H and O–H groups in total. The zero-order valence-corrected chi connectivity index (χ0v) is 19.9. The Hall–Kier alpha value is -3.40. The van der Waals surface area contributed by atoms with Crippen LogP contribution in [0.2, 0.25) is 0 Å². The lowest BCUT2D eigenvalue weighted by Crippen LogP contribution is -2.62. The normalized spacial score (nSPS) is 25.8. The van der Waals surface area contributed by atoms with Crippen molar-refractivity contribution < 1.29 is 4.79 Å². The molecular formula is C30H31N3O. The summed E-state index contributed by atoms with van der Waals surface area (Å²) >= 11 is 0. The van der Waals surface area contributed by atoms with Crippen LogP contribution in [0.3, 0.4) is 0 Å². The van der Waals surface area contributed by atoms with Crippen LogP contribution >= 0.6 is 0 Å². The summed E-state index contributed by atoms with van der Waals surface area (Å²) in [5.41, 5.74) is 6.31. The van der Waals surface area contributed by atoms with E-state index < -0.39 is 5.41 Å². The Morgan fingerprint density at radius 2 is 1.68 bits per heavy atom. The fourth-order valence-electron chi connectivity index (χ4n) is 6.36. The molecule has 0 unspecified atom stereocenters. The van der Waals surface area contributed by atoms with Crippen molar-refractivity contribution in [1.82, 2.24) is 0 Å². The highest BCUT2D eigenvalue weighted by molar-refractivity contribution is 6.20. The van der Waals surface area contributed by atoms with Crippen molar-refractivity contribution in [1.29, 1.82) is 0 Å². The summed E-state index contributed by atoms with van der Waals surface area (Å²) in [5, 5.41) is 6.56. The zero-order chi connectivity index (χ0) is 23.3. The highest BCUT2D eigenvalue weighted by atomic mass is 16.2. The van der Waals surface area contributed by atoms with Crippen LogP contribution in [0, 0.1) is 18.3 Å². The molecule has 4 nitrogen and oxygen atoms in total. The maximum Gasteiger partial charge on any atom is 0.261 e. The molecule has 4 heteroatoms. The predicted molar refractivity (Wildman–Crippen MR) is 138 cm³/mol. The lowest BCUT2D eigenvalue weighted by Gasteiger charge is -2.52. The first-order valence-electron chi connectivity index (χ1n) is 12.4. The average molecular weight is 450 g/mol. The molecule has 3 aliphatic heterocycles. The van der Waals surface area contributed by atoms with Crippen LogP contribution in [0.1, 0.15) is 36.5 Å². The number of para-hydroxylation sites is 1. The van der Waals surface area contributed by atoms with Gasteiger partial charge in [0, 0.05) is 18.3 Å². The van der Waals surface area contributed by atoms with Gasteiger partial charge in [-0.1, -0.05) is 66.2 Å². The third-order valence-electron chi connectivity index (χ3n) is 8.17. The topological polar surface area (TPSA) is 35.9 Å². The molecule has 1 amide bonds. The van der Waals surface area contributed by atoms with Crippen molar-refractivity contribution in [3.05, 3.63) is 95.6 Å². The highest BCUT2D eigenvalue weighted by Gasteiger charge is 2.59. The summed E-state index contributed by atoms with van der Waals surface area (Å²) in [6.45, 7) is 5.11. The minimum Gasteiger partial charge on any atom is -0.367 e. The first-order valence-corrected chi connectivity index (χ1v) is 12.4. The standard InChI is InChI=1S/C30H31N3O/c1-21-12-14-26(15-13-21)33-29(34)30(22(2)31-33)20-25-10-6-7-11-27(25)32-17-16-24(19-28(30)32)18-23-8-4-3-5-9-23/h3-15,24,28H,16-20H2,1-2H3/t24-,28-,30+/m0/s1. The molecule has 3 aromatic rings. The molecule has 0 bridgehead atoms. The largest absolute Gasteiger partial charge is 0.367 e. The SMILES string of the molecule is CC1=NN(c2ccc(C)cc2)C(=O)[C@]12Cc1ccccc1N1CC[C@@H](Cc3ccccc3)C[C@H]12. The first kappa shape index (κ1) is 21.2. The number of aryl methyl sites for hydroxylation is 1. The Bertz CT molecular complexity index is 1250. The fraction of sp³-hybridized carbons (Fsp3) is 0.333. The van der Waals surface area contributed by atoms with Crippen LogP contribution in [0.4, 0.5) is 11.4 Å². The number of nitrogens with zero attached hydrogens (tertiary/aromatic N) is 3. The number of hydrogen-bond acceptors (Lipinski definition) is 3. The molecule has 0 aliphatic carbocycles. The van der Waals surface area contributed by atoms with Gasteiger partial charge >= 0.3 is 0 Å². The third-order valence-corrected chi connectivity index (χ3v) is 8.17. The maximum atomic E-state index is 14.3. The summed E-state index contributed by atoms with van der Waals surface area (Å²) in [4.78, 5) is 16.8. The van der Waals surface area contributed by atoms with E-state index in [0.29, 0.717) is 5.92 Å².